The highest BCUT2D eigenvalue weighted by atomic mass is 79.9. The number of benzene rings is 1. The maximum absolute atomic E-state index is 9.48. The zero-order valence-electron chi connectivity index (χ0n) is 12.9. The maximum atomic E-state index is 9.48. The van der Waals surface area contributed by atoms with Crippen molar-refractivity contribution in [3.8, 4) is 6.07 Å². The third-order valence-corrected chi connectivity index (χ3v) is 6.45. The lowest BCUT2D eigenvalue weighted by molar-refractivity contribution is 0.409. The van der Waals surface area contributed by atoms with Crippen molar-refractivity contribution < 1.29 is 0 Å². The topological polar surface area (TPSA) is 79.7 Å². The minimum absolute atomic E-state index is 0.329. The molecule has 0 atom stereocenters. The van der Waals surface area contributed by atoms with E-state index in [4.69, 9.17) is 10.7 Å². The second-order valence-electron chi connectivity index (χ2n) is 5.96. The van der Waals surface area contributed by atoms with E-state index in [2.05, 4.69) is 54.7 Å². The van der Waals surface area contributed by atoms with Crippen LogP contribution in [-0.2, 0) is 6.54 Å². The molecule has 1 fully saturated rings. The van der Waals surface area contributed by atoms with Gasteiger partial charge in [-0.05, 0) is 70.5 Å². The van der Waals surface area contributed by atoms with Crippen molar-refractivity contribution in [2.75, 3.05) is 5.32 Å². The summed E-state index contributed by atoms with van der Waals surface area (Å²) in [7, 11) is 0. The van der Waals surface area contributed by atoms with E-state index in [1.165, 1.54) is 0 Å². The lowest BCUT2D eigenvalue weighted by Crippen LogP contribution is -2.33. The molecule has 0 saturated heterocycles. The van der Waals surface area contributed by atoms with Gasteiger partial charge in [-0.15, -0.1) is 0 Å². The first-order chi connectivity index (χ1) is 11.0. The summed E-state index contributed by atoms with van der Waals surface area (Å²) in [5, 5.41) is 13.0. The van der Waals surface area contributed by atoms with Crippen molar-refractivity contribution in [1.82, 2.24) is 9.55 Å². The molecule has 1 heterocycles. The molecule has 0 amide bonds. The molecular weight excluding hydrogens is 422 g/mol. The monoisotopic (exact) mass is 439 g/mol. The molecule has 0 radical (unpaired) electrons. The van der Waals surface area contributed by atoms with Gasteiger partial charge in [-0.3, -0.25) is 0 Å². The molecule has 1 saturated carbocycles. The van der Waals surface area contributed by atoms with E-state index >= 15 is 0 Å². The Labute approximate surface area is 152 Å². The number of nitrogens with one attached hydrogen (secondary N) is 1. The van der Waals surface area contributed by atoms with Crippen LogP contribution < -0.4 is 11.1 Å². The first kappa shape index (κ1) is 16.7. The van der Waals surface area contributed by atoms with Crippen molar-refractivity contribution >= 4 is 48.8 Å². The van der Waals surface area contributed by atoms with Crippen molar-refractivity contribution in [1.29, 1.82) is 5.26 Å². The predicted octanol–water partition coefficient (Wildman–Crippen LogP) is 4.13. The average molecular weight is 441 g/mol. The van der Waals surface area contributed by atoms with Crippen molar-refractivity contribution in [2.45, 2.75) is 51.2 Å². The first-order valence-corrected chi connectivity index (χ1v) is 9.44. The molecule has 23 heavy (non-hydrogen) atoms. The largest absolute Gasteiger partial charge is 0.353 e. The summed E-state index contributed by atoms with van der Waals surface area (Å²) in [6.07, 6.45) is 4.22. The number of halogens is 2. The van der Waals surface area contributed by atoms with E-state index in [1.54, 1.807) is 0 Å². The van der Waals surface area contributed by atoms with Gasteiger partial charge in [0, 0.05) is 23.1 Å². The Morgan fingerprint density at radius 1 is 1.39 bits per heavy atom. The van der Waals surface area contributed by atoms with Crippen LogP contribution >= 0.6 is 31.9 Å². The van der Waals surface area contributed by atoms with Crippen LogP contribution in [0, 0.1) is 11.3 Å². The van der Waals surface area contributed by atoms with E-state index in [0.29, 0.717) is 17.6 Å². The van der Waals surface area contributed by atoms with Crippen LogP contribution in [0.25, 0.3) is 11.0 Å². The van der Waals surface area contributed by atoms with Gasteiger partial charge in [-0.1, -0.05) is 0 Å². The van der Waals surface area contributed by atoms with Crippen LogP contribution in [-0.4, -0.2) is 21.6 Å². The van der Waals surface area contributed by atoms with E-state index < -0.39 is 0 Å². The van der Waals surface area contributed by atoms with Crippen molar-refractivity contribution in [3.63, 3.8) is 0 Å². The fourth-order valence-electron chi connectivity index (χ4n) is 3.18. The van der Waals surface area contributed by atoms with Crippen molar-refractivity contribution in [2.24, 2.45) is 5.73 Å². The van der Waals surface area contributed by atoms with Gasteiger partial charge >= 0.3 is 0 Å². The van der Waals surface area contributed by atoms with Crippen LogP contribution in [0.15, 0.2) is 15.0 Å². The lowest BCUT2D eigenvalue weighted by atomic mass is 9.92. The number of nitriles is 1. The summed E-state index contributed by atoms with van der Waals surface area (Å²) < 4.78 is 3.75. The Balaban J connectivity index is 2.02. The smallest absolute Gasteiger partial charge is 0.204 e. The van der Waals surface area contributed by atoms with Gasteiger partial charge in [-0.25, -0.2) is 4.98 Å². The lowest BCUT2D eigenvalue weighted by Gasteiger charge is -2.27. The SMILES string of the molecule is CCn1c(NC2CCC(N)CC2)nc2c(C#N)c(Br)c(Br)cc21. The van der Waals surface area contributed by atoms with E-state index in [0.717, 1.165) is 58.2 Å². The standard InChI is InChI=1S/C16H19Br2N5/c1-2-23-13-7-12(17)14(18)11(8-19)15(13)22-16(23)21-10-5-3-9(20)4-6-10/h7,9-10H,2-6,20H2,1H3,(H,21,22). The number of anilines is 1. The summed E-state index contributed by atoms with van der Waals surface area (Å²) >= 11 is 6.98. The van der Waals surface area contributed by atoms with Gasteiger partial charge in [0.1, 0.15) is 11.6 Å². The molecule has 2 aromatic rings. The first-order valence-electron chi connectivity index (χ1n) is 7.85. The van der Waals surface area contributed by atoms with Crippen LogP contribution in [0.5, 0.6) is 0 Å². The number of nitrogens with zero attached hydrogens (tertiary/aromatic N) is 3. The number of fused-ring (bicyclic) bond motifs is 1. The molecule has 3 rings (SSSR count). The quantitative estimate of drug-likeness (QED) is 0.751. The molecule has 1 aliphatic rings. The number of aromatic nitrogens is 2. The normalized spacial score (nSPS) is 21.3. The van der Waals surface area contributed by atoms with Gasteiger partial charge in [0.2, 0.25) is 5.95 Å². The molecule has 3 N–H and O–H groups in total. The third-order valence-electron chi connectivity index (χ3n) is 4.47. The maximum Gasteiger partial charge on any atom is 0.204 e. The van der Waals surface area contributed by atoms with Crippen molar-refractivity contribution in [3.05, 3.63) is 20.6 Å². The molecule has 0 bridgehead atoms. The summed E-state index contributed by atoms with van der Waals surface area (Å²) in [4.78, 5) is 4.72. The number of nitrogens with two attached hydrogens (primary N) is 1. The number of aryl methyl sites for hydroxylation is 1. The molecule has 1 aliphatic carbocycles. The van der Waals surface area contributed by atoms with Gasteiger partial charge in [0.05, 0.1) is 15.6 Å². The number of rotatable bonds is 3. The molecule has 122 valence electrons. The molecule has 1 aromatic carbocycles. The van der Waals surface area contributed by atoms with Gasteiger partial charge < -0.3 is 15.6 Å². The summed E-state index contributed by atoms with van der Waals surface area (Å²) in [6, 6.07) is 5.00. The molecule has 0 aliphatic heterocycles. The molecule has 0 spiro atoms. The fourth-order valence-corrected chi connectivity index (χ4v) is 3.99. The minimum atomic E-state index is 0.329. The highest BCUT2D eigenvalue weighted by molar-refractivity contribution is 9.13. The van der Waals surface area contributed by atoms with E-state index in [1.807, 2.05) is 6.07 Å². The summed E-state index contributed by atoms with van der Waals surface area (Å²) in [5.41, 5.74) is 8.25. The Hall–Kier alpha value is -1.10. The Morgan fingerprint density at radius 2 is 2.09 bits per heavy atom. The number of imidazole rings is 1. The van der Waals surface area contributed by atoms with Crippen LogP contribution in [0.3, 0.4) is 0 Å². The highest BCUT2D eigenvalue weighted by Crippen LogP contribution is 2.35. The third kappa shape index (κ3) is 3.12. The van der Waals surface area contributed by atoms with Crippen LogP contribution in [0.2, 0.25) is 0 Å². The minimum Gasteiger partial charge on any atom is -0.353 e. The van der Waals surface area contributed by atoms with Gasteiger partial charge in [0.15, 0.2) is 0 Å². The second-order valence-corrected chi connectivity index (χ2v) is 7.61. The Morgan fingerprint density at radius 3 is 2.70 bits per heavy atom. The number of hydrogen-bond donors (Lipinski definition) is 2. The highest BCUT2D eigenvalue weighted by Gasteiger charge is 2.22. The second kappa shape index (κ2) is 6.80. The predicted molar refractivity (Wildman–Crippen MR) is 99.4 cm³/mol. The molecule has 7 heteroatoms. The Bertz CT molecular complexity index is 769. The summed E-state index contributed by atoms with van der Waals surface area (Å²) in [6.45, 7) is 2.88. The van der Waals surface area contributed by atoms with Gasteiger partial charge in [-0.2, -0.15) is 5.26 Å². The van der Waals surface area contributed by atoms with Gasteiger partial charge in [0.25, 0.3) is 0 Å². The van der Waals surface area contributed by atoms with E-state index in [9.17, 15) is 5.26 Å². The number of hydrogen-bond acceptors (Lipinski definition) is 4. The fraction of sp³-hybridized carbons (Fsp3) is 0.500. The molecular formula is C16H19Br2N5. The zero-order chi connectivity index (χ0) is 16.6. The molecule has 0 unspecified atom stereocenters. The Kier molecular flexibility index (Phi) is 4.95. The summed E-state index contributed by atoms with van der Waals surface area (Å²) in [5.74, 6) is 0.837. The molecule has 5 nitrogen and oxygen atoms in total. The van der Waals surface area contributed by atoms with Crippen LogP contribution in [0.4, 0.5) is 5.95 Å². The van der Waals surface area contributed by atoms with Crippen LogP contribution in [0.1, 0.15) is 38.2 Å². The molecule has 1 aromatic heterocycles. The van der Waals surface area contributed by atoms with E-state index in [-0.39, 0.29) is 0 Å². The average Bonchev–Trinajstić information content (AvgIpc) is 2.87. The zero-order valence-corrected chi connectivity index (χ0v) is 16.1.